The average molecular weight is 573 g/mol. The molecule has 2 aliphatic rings. The first kappa shape index (κ1) is 27.8. The van der Waals surface area contributed by atoms with E-state index in [1.165, 1.54) is 19.1 Å². The molecule has 0 bridgehead atoms. The Morgan fingerprint density at radius 1 is 1.10 bits per heavy atom. The number of imidazole rings is 1. The summed E-state index contributed by atoms with van der Waals surface area (Å²) in [7, 11) is 0. The summed E-state index contributed by atoms with van der Waals surface area (Å²) in [6.07, 6.45) is 0.987. The highest BCUT2D eigenvalue weighted by atomic mass is 19.1. The molecule has 0 aliphatic carbocycles. The van der Waals surface area contributed by atoms with Crippen LogP contribution >= 0.6 is 0 Å². The van der Waals surface area contributed by atoms with Gasteiger partial charge in [0.2, 0.25) is 5.88 Å². The fourth-order valence-electron chi connectivity index (χ4n) is 5.27. The summed E-state index contributed by atoms with van der Waals surface area (Å²) in [5, 5.41) is 8.93. The molecule has 1 atom stereocenters. The zero-order valence-electron chi connectivity index (χ0n) is 23.2. The van der Waals surface area contributed by atoms with E-state index >= 15 is 0 Å². The Hall–Kier alpha value is -4.40. The van der Waals surface area contributed by atoms with Crippen molar-refractivity contribution in [1.82, 2.24) is 19.4 Å². The van der Waals surface area contributed by atoms with Crippen molar-refractivity contribution in [2.24, 2.45) is 0 Å². The lowest BCUT2D eigenvalue weighted by Crippen LogP contribution is -2.46. The fraction of sp³-hybridized carbons (Fsp3) is 0.355. The summed E-state index contributed by atoms with van der Waals surface area (Å²) in [4.78, 5) is 25.7. The van der Waals surface area contributed by atoms with Crippen LogP contribution in [0.2, 0.25) is 0 Å². The number of rotatable bonds is 9. The topological polar surface area (TPSA) is 96.5 Å². The van der Waals surface area contributed by atoms with Crippen molar-refractivity contribution in [1.29, 1.82) is 5.26 Å². The van der Waals surface area contributed by atoms with Crippen LogP contribution in [0, 0.1) is 23.0 Å². The van der Waals surface area contributed by atoms with Gasteiger partial charge in [-0.15, -0.1) is 0 Å². The van der Waals surface area contributed by atoms with Gasteiger partial charge < -0.3 is 18.9 Å². The molecule has 4 heterocycles. The number of nitriles is 1. The quantitative estimate of drug-likeness (QED) is 0.271. The third-order valence-electron chi connectivity index (χ3n) is 7.80. The van der Waals surface area contributed by atoms with Crippen molar-refractivity contribution >= 4 is 22.6 Å². The smallest absolute Gasteiger partial charge is 0.215 e. The standard InChI is InChI=1S/C31H30F2N6O3/c1-20(40)23-14-26(33)31-27(15-23)39(17-24-7-12-41-24)29(36-31)18-37-8-10-38(11-9-37)28-3-2-4-30(35-28)42-19-22-6-5-21(16-34)13-25(22)32/h2-6,13-15,24H,7-12,17-19H2,1H3/t24-/m0/s1. The Morgan fingerprint density at radius 3 is 2.60 bits per heavy atom. The van der Waals surface area contributed by atoms with E-state index in [1.54, 1.807) is 24.3 Å². The molecule has 6 rings (SSSR count). The normalized spacial score (nSPS) is 17.2. The zero-order chi connectivity index (χ0) is 29.2. The highest BCUT2D eigenvalue weighted by molar-refractivity contribution is 5.97. The number of hydrogen-bond acceptors (Lipinski definition) is 8. The van der Waals surface area contributed by atoms with Crippen LogP contribution in [0.3, 0.4) is 0 Å². The predicted molar refractivity (Wildman–Crippen MR) is 151 cm³/mol. The minimum atomic E-state index is -0.493. The van der Waals surface area contributed by atoms with E-state index < -0.39 is 11.6 Å². The van der Waals surface area contributed by atoms with Gasteiger partial charge in [0.25, 0.3) is 0 Å². The molecule has 2 aromatic carbocycles. The van der Waals surface area contributed by atoms with E-state index in [0.717, 1.165) is 44.2 Å². The van der Waals surface area contributed by atoms with Crippen LogP contribution in [0.15, 0.2) is 48.5 Å². The SMILES string of the molecule is CC(=O)c1cc(F)c2nc(CN3CCN(c4cccc(OCc5ccc(C#N)cc5F)n4)CC3)n(C[C@@H]3CCO3)c2c1. The van der Waals surface area contributed by atoms with Gasteiger partial charge in [0, 0.05) is 50.0 Å². The number of ether oxygens (including phenoxy) is 2. The highest BCUT2D eigenvalue weighted by Crippen LogP contribution is 2.26. The molecular weight excluding hydrogens is 542 g/mol. The number of carbonyl (C=O) groups excluding carboxylic acids is 1. The molecular formula is C31H30F2N6O3. The van der Waals surface area contributed by atoms with E-state index in [0.29, 0.717) is 42.2 Å². The van der Waals surface area contributed by atoms with Crippen LogP contribution in [0.25, 0.3) is 11.0 Å². The minimum absolute atomic E-state index is 0.00315. The van der Waals surface area contributed by atoms with Gasteiger partial charge in [0.15, 0.2) is 11.6 Å². The number of benzene rings is 2. The van der Waals surface area contributed by atoms with Gasteiger partial charge in [-0.3, -0.25) is 9.69 Å². The number of aromatic nitrogens is 3. The van der Waals surface area contributed by atoms with Crippen molar-refractivity contribution < 1.29 is 23.0 Å². The van der Waals surface area contributed by atoms with Crippen LogP contribution in [-0.2, 0) is 24.4 Å². The molecule has 2 aliphatic heterocycles. The second-order valence-corrected chi connectivity index (χ2v) is 10.6. The lowest BCUT2D eigenvalue weighted by Gasteiger charge is -2.35. The number of fused-ring (bicyclic) bond motifs is 1. The van der Waals surface area contributed by atoms with Gasteiger partial charge in [-0.05, 0) is 43.7 Å². The molecule has 2 aromatic heterocycles. The van der Waals surface area contributed by atoms with Crippen LogP contribution in [0.5, 0.6) is 5.88 Å². The van der Waals surface area contributed by atoms with Gasteiger partial charge in [0.05, 0.1) is 36.3 Å². The van der Waals surface area contributed by atoms with Gasteiger partial charge in [0.1, 0.15) is 29.6 Å². The maximum Gasteiger partial charge on any atom is 0.215 e. The third kappa shape index (κ3) is 5.82. The zero-order valence-corrected chi connectivity index (χ0v) is 23.2. The number of halogens is 2. The van der Waals surface area contributed by atoms with Crippen molar-refractivity contribution in [2.45, 2.75) is 39.1 Å². The largest absolute Gasteiger partial charge is 0.473 e. The highest BCUT2D eigenvalue weighted by Gasteiger charge is 2.26. The molecule has 11 heteroatoms. The number of nitrogens with zero attached hydrogens (tertiary/aromatic N) is 6. The first-order valence-corrected chi connectivity index (χ1v) is 13.9. The van der Waals surface area contributed by atoms with E-state index in [9.17, 15) is 13.6 Å². The molecule has 0 spiro atoms. The van der Waals surface area contributed by atoms with Gasteiger partial charge in [-0.2, -0.15) is 10.2 Å². The second-order valence-electron chi connectivity index (χ2n) is 10.6. The minimum Gasteiger partial charge on any atom is -0.473 e. The lowest BCUT2D eigenvalue weighted by molar-refractivity contribution is -0.0592. The van der Waals surface area contributed by atoms with E-state index in [1.807, 2.05) is 22.8 Å². The van der Waals surface area contributed by atoms with Crippen molar-refractivity contribution in [2.75, 3.05) is 37.7 Å². The Bertz CT molecular complexity index is 1670. The fourth-order valence-corrected chi connectivity index (χ4v) is 5.27. The molecule has 4 aromatic rings. The van der Waals surface area contributed by atoms with Crippen LogP contribution in [0.1, 0.15) is 40.7 Å². The predicted octanol–water partition coefficient (Wildman–Crippen LogP) is 4.47. The molecule has 2 fully saturated rings. The molecule has 9 nitrogen and oxygen atoms in total. The van der Waals surface area contributed by atoms with Gasteiger partial charge in [-0.25, -0.2) is 13.8 Å². The Balaban J connectivity index is 1.12. The summed E-state index contributed by atoms with van der Waals surface area (Å²) < 4.78 is 42.6. The lowest BCUT2D eigenvalue weighted by atomic mass is 10.1. The molecule has 216 valence electrons. The summed E-state index contributed by atoms with van der Waals surface area (Å²) in [6, 6.07) is 14.7. The maximum absolute atomic E-state index is 15.0. The summed E-state index contributed by atoms with van der Waals surface area (Å²) in [5.41, 5.74) is 1.83. The summed E-state index contributed by atoms with van der Waals surface area (Å²) in [5.74, 6) is 0.727. The number of carbonyl (C=O) groups is 1. The Kier molecular flexibility index (Phi) is 7.82. The molecule has 42 heavy (non-hydrogen) atoms. The number of piperazine rings is 1. The number of hydrogen-bond donors (Lipinski definition) is 0. The Morgan fingerprint density at radius 2 is 1.90 bits per heavy atom. The molecule has 0 radical (unpaired) electrons. The van der Waals surface area contributed by atoms with Crippen molar-refractivity contribution in [3.63, 3.8) is 0 Å². The summed E-state index contributed by atoms with van der Waals surface area (Å²) in [6.45, 7) is 6.18. The second kappa shape index (κ2) is 11.8. The average Bonchev–Trinajstić information content (AvgIpc) is 3.31. The molecule has 0 N–H and O–H groups in total. The summed E-state index contributed by atoms with van der Waals surface area (Å²) >= 11 is 0. The number of Topliss-reactive ketones (excluding diaryl/α,β-unsaturated/α-hetero) is 1. The molecule has 0 amide bonds. The molecule has 0 unspecified atom stereocenters. The van der Waals surface area contributed by atoms with Crippen molar-refractivity contribution in [3.8, 4) is 11.9 Å². The first-order valence-electron chi connectivity index (χ1n) is 13.9. The molecule has 2 saturated heterocycles. The van der Waals surface area contributed by atoms with E-state index in [4.69, 9.17) is 14.7 Å². The van der Waals surface area contributed by atoms with Gasteiger partial charge in [-0.1, -0.05) is 12.1 Å². The number of pyridine rings is 1. The maximum atomic E-state index is 15.0. The van der Waals surface area contributed by atoms with E-state index in [-0.39, 0.29) is 29.6 Å². The van der Waals surface area contributed by atoms with Gasteiger partial charge >= 0.3 is 0 Å². The monoisotopic (exact) mass is 572 g/mol. The third-order valence-corrected chi connectivity index (χ3v) is 7.80. The van der Waals surface area contributed by atoms with Crippen LogP contribution in [-0.4, -0.2) is 64.1 Å². The number of anilines is 1. The number of ketones is 1. The Labute approximate surface area is 241 Å². The van der Waals surface area contributed by atoms with Crippen molar-refractivity contribution in [3.05, 3.63) is 82.7 Å². The first-order chi connectivity index (χ1) is 20.4. The van der Waals surface area contributed by atoms with E-state index in [2.05, 4.69) is 19.8 Å². The molecule has 0 saturated carbocycles. The van der Waals surface area contributed by atoms with Crippen LogP contribution < -0.4 is 9.64 Å². The van der Waals surface area contributed by atoms with Crippen LogP contribution in [0.4, 0.5) is 14.6 Å².